The Balaban J connectivity index is 1.52. The maximum Gasteiger partial charge on any atom is 0.239 e. The monoisotopic (exact) mass is 482 g/mol. The number of ether oxygens (including phenoxy) is 2. The Morgan fingerprint density at radius 1 is 1.21 bits per heavy atom. The molecule has 2 heterocycles. The summed E-state index contributed by atoms with van der Waals surface area (Å²) < 4.78 is 14.0. The van der Waals surface area contributed by atoms with Crippen molar-refractivity contribution in [3.63, 3.8) is 0 Å². The number of aromatic nitrogens is 3. The van der Waals surface area contributed by atoms with Crippen LogP contribution < -0.4 is 14.4 Å². The van der Waals surface area contributed by atoms with Crippen molar-refractivity contribution in [3.8, 4) is 11.5 Å². The van der Waals surface area contributed by atoms with Gasteiger partial charge in [0, 0.05) is 30.4 Å². The summed E-state index contributed by atoms with van der Waals surface area (Å²) in [6.45, 7) is 3.88. The van der Waals surface area contributed by atoms with Crippen molar-refractivity contribution in [2.75, 3.05) is 30.9 Å². The topological polar surface area (TPSA) is 69.5 Å². The summed E-state index contributed by atoms with van der Waals surface area (Å²) in [4.78, 5) is 25.0. The van der Waals surface area contributed by atoms with E-state index < -0.39 is 0 Å². The SMILES string of the molecule is CCOc1cccc2sc(N(CCCn3ccnc3)C(=O)CSc3ccc(OC)cc3)nc12. The standard InChI is InChI=1S/C24H26N4O3S2/c1-3-31-20-6-4-7-21-23(20)26-24(33-21)28(14-5-13-27-15-12-25-17-27)22(29)16-32-19-10-8-18(30-2)9-11-19/h4,6-12,15,17H,3,5,13-14,16H2,1-2H3. The van der Waals surface area contributed by atoms with Crippen molar-refractivity contribution >= 4 is 44.4 Å². The molecule has 0 aliphatic heterocycles. The van der Waals surface area contributed by atoms with Crippen LogP contribution in [0.1, 0.15) is 13.3 Å². The molecule has 0 fully saturated rings. The zero-order chi connectivity index (χ0) is 23.0. The minimum absolute atomic E-state index is 0.0264. The third-order valence-electron chi connectivity index (χ3n) is 4.98. The number of imidazole rings is 1. The van der Waals surface area contributed by atoms with Gasteiger partial charge in [0.25, 0.3) is 0 Å². The molecule has 0 N–H and O–H groups in total. The average molecular weight is 483 g/mol. The van der Waals surface area contributed by atoms with E-state index in [0.29, 0.717) is 24.0 Å². The lowest BCUT2D eigenvalue weighted by Gasteiger charge is -2.20. The summed E-state index contributed by atoms with van der Waals surface area (Å²) in [5.74, 6) is 1.90. The van der Waals surface area contributed by atoms with Crippen LogP contribution in [0.3, 0.4) is 0 Å². The summed E-state index contributed by atoms with van der Waals surface area (Å²) >= 11 is 3.03. The van der Waals surface area contributed by atoms with E-state index in [1.807, 2.05) is 60.2 Å². The molecule has 0 atom stereocenters. The molecule has 9 heteroatoms. The number of carbonyl (C=O) groups excluding carboxylic acids is 1. The van der Waals surface area contributed by atoms with Gasteiger partial charge in [0.2, 0.25) is 5.91 Å². The molecule has 0 aliphatic carbocycles. The van der Waals surface area contributed by atoms with Gasteiger partial charge in [-0.1, -0.05) is 17.4 Å². The highest BCUT2D eigenvalue weighted by atomic mass is 32.2. The normalized spacial score (nSPS) is 11.0. The van der Waals surface area contributed by atoms with Crippen molar-refractivity contribution in [1.29, 1.82) is 0 Å². The molecule has 0 aliphatic rings. The number of methoxy groups -OCH3 is 1. The molecule has 2 aromatic carbocycles. The third-order valence-corrected chi connectivity index (χ3v) is 7.02. The number of thioether (sulfide) groups is 1. The molecule has 0 bridgehead atoms. The van der Waals surface area contributed by atoms with Crippen LogP contribution in [0.4, 0.5) is 5.13 Å². The zero-order valence-electron chi connectivity index (χ0n) is 18.6. The van der Waals surface area contributed by atoms with Gasteiger partial charge in [0.15, 0.2) is 5.13 Å². The molecule has 172 valence electrons. The van der Waals surface area contributed by atoms with Crippen LogP contribution in [0.5, 0.6) is 11.5 Å². The fraction of sp³-hybridized carbons (Fsp3) is 0.292. The highest BCUT2D eigenvalue weighted by Gasteiger charge is 2.21. The molecule has 0 radical (unpaired) electrons. The number of thiazole rings is 1. The number of aryl methyl sites for hydroxylation is 1. The maximum absolute atomic E-state index is 13.3. The van der Waals surface area contributed by atoms with Gasteiger partial charge in [-0.25, -0.2) is 9.97 Å². The predicted molar refractivity (Wildman–Crippen MR) is 134 cm³/mol. The molecular formula is C24H26N4O3S2. The summed E-state index contributed by atoms with van der Waals surface area (Å²) in [6.07, 6.45) is 6.27. The Hall–Kier alpha value is -3.04. The van der Waals surface area contributed by atoms with E-state index in [1.165, 1.54) is 23.1 Å². The minimum Gasteiger partial charge on any atom is -0.497 e. The Morgan fingerprint density at radius 3 is 2.79 bits per heavy atom. The summed E-state index contributed by atoms with van der Waals surface area (Å²) in [7, 11) is 1.64. The van der Waals surface area contributed by atoms with Gasteiger partial charge < -0.3 is 14.0 Å². The molecule has 2 aromatic heterocycles. The lowest BCUT2D eigenvalue weighted by atomic mass is 10.3. The number of hydrogen-bond donors (Lipinski definition) is 0. The first kappa shape index (κ1) is 23.1. The van der Waals surface area contributed by atoms with Crippen LogP contribution in [-0.2, 0) is 11.3 Å². The van der Waals surface area contributed by atoms with Crippen molar-refractivity contribution in [3.05, 3.63) is 61.2 Å². The number of fused-ring (bicyclic) bond motifs is 1. The van der Waals surface area contributed by atoms with E-state index in [-0.39, 0.29) is 5.91 Å². The molecule has 7 nitrogen and oxygen atoms in total. The number of amides is 1. The first-order valence-electron chi connectivity index (χ1n) is 10.7. The molecule has 4 aromatic rings. The van der Waals surface area contributed by atoms with E-state index >= 15 is 0 Å². The van der Waals surface area contributed by atoms with Gasteiger partial charge in [0.05, 0.1) is 30.5 Å². The molecule has 0 saturated carbocycles. The van der Waals surface area contributed by atoms with E-state index in [0.717, 1.165) is 39.6 Å². The van der Waals surface area contributed by atoms with Crippen molar-refractivity contribution < 1.29 is 14.3 Å². The maximum atomic E-state index is 13.3. The number of benzene rings is 2. The molecule has 0 spiro atoms. The molecule has 0 saturated heterocycles. The fourth-order valence-electron chi connectivity index (χ4n) is 3.35. The summed E-state index contributed by atoms with van der Waals surface area (Å²) in [5.41, 5.74) is 0.801. The zero-order valence-corrected chi connectivity index (χ0v) is 20.3. The molecule has 0 unspecified atom stereocenters. The number of nitrogens with zero attached hydrogens (tertiary/aromatic N) is 4. The average Bonchev–Trinajstić information content (AvgIpc) is 3.51. The minimum atomic E-state index is 0.0264. The van der Waals surface area contributed by atoms with E-state index in [4.69, 9.17) is 14.5 Å². The van der Waals surface area contributed by atoms with Gasteiger partial charge in [-0.05, 0) is 49.7 Å². The van der Waals surface area contributed by atoms with E-state index in [1.54, 1.807) is 24.5 Å². The lowest BCUT2D eigenvalue weighted by Crippen LogP contribution is -2.33. The Kier molecular flexibility index (Phi) is 7.85. The lowest BCUT2D eigenvalue weighted by molar-refractivity contribution is -0.116. The first-order chi connectivity index (χ1) is 16.2. The van der Waals surface area contributed by atoms with Crippen LogP contribution in [-0.4, -0.2) is 46.5 Å². The van der Waals surface area contributed by atoms with E-state index in [9.17, 15) is 4.79 Å². The van der Waals surface area contributed by atoms with Crippen molar-refractivity contribution in [2.45, 2.75) is 24.8 Å². The molecule has 33 heavy (non-hydrogen) atoms. The molecule has 1 amide bonds. The smallest absolute Gasteiger partial charge is 0.239 e. The van der Waals surface area contributed by atoms with Crippen LogP contribution in [0.25, 0.3) is 10.2 Å². The number of carbonyl (C=O) groups is 1. The summed E-state index contributed by atoms with van der Waals surface area (Å²) in [5, 5.41) is 0.697. The third kappa shape index (κ3) is 5.85. The van der Waals surface area contributed by atoms with Crippen molar-refractivity contribution in [1.82, 2.24) is 14.5 Å². The Bertz CT molecular complexity index is 1180. The van der Waals surface area contributed by atoms with Crippen LogP contribution in [0, 0.1) is 0 Å². The van der Waals surface area contributed by atoms with Gasteiger partial charge in [0.1, 0.15) is 17.0 Å². The van der Waals surface area contributed by atoms with Gasteiger partial charge in [-0.2, -0.15) is 0 Å². The van der Waals surface area contributed by atoms with Gasteiger partial charge >= 0.3 is 0 Å². The predicted octanol–water partition coefficient (Wildman–Crippen LogP) is 5.12. The molecular weight excluding hydrogens is 456 g/mol. The highest BCUT2D eigenvalue weighted by molar-refractivity contribution is 8.00. The van der Waals surface area contributed by atoms with Crippen LogP contribution in [0.2, 0.25) is 0 Å². The second-order valence-electron chi connectivity index (χ2n) is 7.20. The quantitative estimate of drug-likeness (QED) is 0.277. The Labute approximate surface area is 201 Å². The number of anilines is 1. The largest absolute Gasteiger partial charge is 0.497 e. The van der Waals surface area contributed by atoms with Crippen LogP contribution in [0.15, 0.2) is 66.1 Å². The van der Waals surface area contributed by atoms with Crippen molar-refractivity contribution in [2.24, 2.45) is 0 Å². The number of hydrogen-bond acceptors (Lipinski definition) is 7. The molecule has 4 rings (SSSR count). The second kappa shape index (κ2) is 11.2. The number of para-hydroxylation sites is 1. The van der Waals surface area contributed by atoms with E-state index in [2.05, 4.69) is 4.98 Å². The fourth-order valence-corrected chi connectivity index (χ4v) is 5.15. The highest BCUT2D eigenvalue weighted by Crippen LogP contribution is 2.35. The van der Waals surface area contributed by atoms with Gasteiger partial charge in [-0.15, -0.1) is 11.8 Å². The van der Waals surface area contributed by atoms with Crippen LogP contribution >= 0.6 is 23.1 Å². The first-order valence-corrected chi connectivity index (χ1v) is 12.5. The summed E-state index contributed by atoms with van der Waals surface area (Å²) in [6, 6.07) is 13.6. The second-order valence-corrected chi connectivity index (χ2v) is 9.25. The Morgan fingerprint density at radius 2 is 2.06 bits per heavy atom. The number of rotatable bonds is 11. The van der Waals surface area contributed by atoms with Gasteiger partial charge in [-0.3, -0.25) is 9.69 Å².